The van der Waals surface area contributed by atoms with Crippen molar-refractivity contribution in [1.29, 1.82) is 0 Å². The number of benzene rings is 2. The fraction of sp³-hybridized carbons (Fsp3) is 0.318. The third-order valence-electron chi connectivity index (χ3n) is 5.31. The molecule has 0 spiro atoms. The summed E-state index contributed by atoms with van der Waals surface area (Å²) in [6.07, 6.45) is 0.162. The molecule has 160 valence electrons. The smallest absolute Gasteiger partial charge is 0.407 e. The highest BCUT2D eigenvalue weighted by molar-refractivity contribution is 5.98. The number of alkyl carbamates (subject to hydrolysis) is 1. The van der Waals surface area contributed by atoms with Gasteiger partial charge in [-0.15, -0.1) is 0 Å². The average Bonchev–Trinajstić information content (AvgIpc) is 3.20. The number of anilines is 1. The van der Waals surface area contributed by atoms with Crippen molar-refractivity contribution < 1.29 is 23.8 Å². The number of morpholine rings is 1. The van der Waals surface area contributed by atoms with Gasteiger partial charge in [-0.3, -0.25) is 9.89 Å². The number of fused-ring (bicyclic) bond motifs is 4. The molecule has 1 aromatic heterocycles. The number of cyclic esters (lactones) is 1. The zero-order chi connectivity index (χ0) is 21.2. The van der Waals surface area contributed by atoms with Gasteiger partial charge < -0.3 is 24.4 Å². The van der Waals surface area contributed by atoms with Crippen LogP contribution in [-0.4, -0.2) is 55.1 Å². The third-order valence-corrected chi connectivity index (χ3v) is 5.31. The van der Waals surface area contributed by atoms with Crippen molar-refractivity contribution in [3.8, 4) is 17.0 Å². The SMILES string of the molecule is O=C1NCCCOc2ccc3[nH]nc(c3c2)-c2cc(cc(N3CCOCC3=O)c2)CO1. The molecule has 0 unspecified atom stereocenters. The number of nitrogens with zero attached hydrogens (tertiary/aromatic N) is 2. The summed E-state index contributed by atoms with van der Waals surface area (Å²) in [5.41, 5.74) is 3.92. The van der Waals surface area contributed by atoms with Crippen LogP contribution in [0, 0.1) is 0 Å². The van der Waals surface area contributed by atoms with Crippen LogP contribution in [0.2, 0.25) is 0 Å². The minimum atomic E-state index is -0.494. The molecular weight excluding hydrogens is 400 g/mol. The Morgan fingerprint density at radius 3 is 2.84 bits per heavy atom. The number of amides is 2. The van der Waals surface area contributed by atoms with E-state index in [1.54, 1.807) is 4.90 Å². The van der Waals surface area contributed by atoms with Crippen molar-refractivity contribution >= 4 is 28.6 Å². The normalized spacial score (nSPS) is 17.5. The second-order valence-corrected chi connectivity index (χ2v) is 7.47. The van der Waals surface area contributed by atoms with Gasteiger partial charge in [0.15, 0.2) is 0 Å². The molecule has 3 aromatic rings. The highest BCUT2D eigenvalue weighted by Gasteiger charge is 2.22. The quantitative estimate of drug-likeness (QED) is 0.625. The van der Waals surface area contributed by atoms with E-state index in [9.17, 15) is 9.59 Å². The molecule has 4 bridgehead atoms. The van der Waals surface area contributed by atoms with Crippen LogP contribution in [0.5, 0.6) is 5.75 Å². The maximum Gasteiger partial charge on any atom is 0.407 e. The van der Waals surface area contributed by atoms with Gasteiger partial charge in [0.25, 0.3) is 5.91 Å². The molecule has 2 aliphatic heterocycles. The van der Waals surface area contributed by atoms with E-state index in [1.807, 2.05) is 36.4 Å². The molecule has 2 amide bonds. The number of rotatable bonds is 1. The summed E-state index contributed by atoms with van der Waals surface area (Å²) < 4.78 is 16.5. The van der Waals surface area contributed by atoms with E-state index in [4.69, 9.17) is 14.2 Å². The van der Waals surface area contributed by atoms with Gasteiger partial charge in [0.2, 0.25) is 0 Å². The van der Waals surface area contributed by atoms with E-state index < -0.39 is 6.09 Å². The molecule has 9 heteroatoms. The summed E-state index contributed by atoms with van der Waals surface area (Å²) in [4.78, 5) is 26.2. The zero-order valence-electron chi connectivity index (χ0n) is 16.8. The second-order valence-electron chi connectivity index (χ2n) is 7.47. The molecule has 2 aliphatic rings. The highest BCUT2D eigenvalue weighted by Crippen LogP contribution is 2.33. The third kappa shape index (κ3) is 4.04. The number of aromatic nitrogens is 2. The summed E-state index contributed by atoms with van der Waals surface area (Å²) >= 11 is 0. The van der Waals surface area contributed by atoms with Gasteiger partial charge in [0, 0.05) is 29.7 Å². The number of ether oxygens (including phenoxy) is 3. The molecule has 1 saturated heterocycles. The van der Waals surface area contributed by atoms with Gasteiger partial charge in [-0.1, -0.05) is 0 Å². The Morgan fingerprint density at radius 1 is 1.00 bits per heavy atom. The number of hydrogen-bond donors (Lipinski definition) is 2. The second kappa shape index (κ2) is 8.27. The standard InChI is InChI=1S/C22H22N4O5/c27-20-13-29-7-5-26(20)16-9-14-8-15(10-16)21-18-11-17(2-3-19(18)24-25-21)30-6-1-4-23-22(28)31-12-14/h2-3,8-11H,1,4-7,12-13H2,(H,23,28)(H,24,25). The fourth-order valence-corrected chi connectivity index (χ4v) is 3.80. The molecule has 31 heavy (non-hydrogen) atoms. The molecule has 1 fully saturated rings. The van der Waals surface area contributed by atoms with E-state index in [2.05, 4.69) is 15.5 Å². The van der Waals surface area contributed by atoms with E-state index in [0.717, 1.165) is 39.2 Å². The molecule has 2 aromatic carbocycles. The van der Waals surface area contributed by atoms with Gasteiger partial charge >= 0.3 is 6.09 Å². The number of carbonyl (C=O) groups is 2. The Balaban J connectivity index is 1.62. The molecule has 0 atom stereocenters. The Bertz CT molecular complexity index is 1140. The first kappa shape index (κ1) is 19.4. The molecule has 0 saturated carbocycles. The van der Waals surface area contributed by atoms with Crippen LogP contribution in [-0.2, 0) is 20.9 Å². The zero-order valence-corrected chi connectivity index (χ0v) is 16.8. The predicted octanol–water partition coefficient (Wildman–Crippen LogP) is 2.60. The minimum Gasteiger partial charge on any atom is -0.494 e. The molecule has 0 aliphatic carbocycles. The number of hydrogen-bond acceptors (Lipinski definition) is 6. The van der Waals surface area contributed by atoms with Crippen LogP contribution >= 0.6 is 0 Å². The van der Waals surface area contributed by atoms with Crippen molar-refractivity contribution in [3.05, 3.63) is 42.0 Å². The fourth-order valence-electron chi connectivity index (χ4n) is 3.80. The summed E-state index contributed by atoms with van der Waals surface area (Å²) in [6.45, 7) is 1.97. The Kier molecular flexibility index (Phi) is 5.17. The first-order chi connectivity index (χ1) is 15.2. The Morgan fingerprint density at radius 2 is 1.94 bits per heavy atom. The molecule has 2 N–H and O–H groups in total. The van der Waals surface area contributed by atoms with Crippen LogP contribution in [0.15, 0.2) is 36.4 Å². The van der Waals surface area contributed by atoms with Crippen molar-refractivity contribution in [2.75, 3.05) is 37.8 Å². The summed E-state index contributed by atoms with van der Waals surface area (Å²) in [5.74, 6) is 0.619. The van der Waals surface area contributed by atoms with E-state index >= 15 is 0 Å². The van der Waals surface area contributed by atoms with E-state index in [0.29, 0.717) is 32.7 Å². The number of H-pyrrole nitrogens is 1. The van der Waals surface area contributed by atoms with Crippen molar-refractivity contribution in [2.24, 2.45) is 0 Å². The largest absolute Gasteiger partial charge is 0.494 e. The lowest BCUT2D eigenvalue weighted by molar-refractivity contribution is -0.125. The highest BCUT2D eigenvalue weighted by atomic mass is 16.5. The Hall–Kier alpha value is -3.59. The maximum atomic E-state index is 12.4. The monoisotopic (exact) mass is 422 g/mol. The van der Waals surface area contributed by atoms with Crippen molar-refractivity contribution in [3.63, 3.8) is 0 Å². The minimum absolute atomic E-state index is 0.0461. The van der Waals surface area contributed by atoms with E-state index in [1.165, 1.54) is 0 Å². The van der Waals surface area contributed by atoms with Crippen LogP contribution in [0.1, 0.15) is 12.0 Å². The summed E-state index contributed by atoms with van der Waals surface area (Å²) in [5, 5.41) is 11.2. The lowest BCUT2D eigenvalue weighted by Gasteiger charge is -2.27. The van der Waals surface area contributed by atoms with Crippen molar-refractivity contribution in [1.82, 2.24) is 15.5 Å². The van der Waals surface area contributed by atoms with Crippen molar-refractivity contribution in [2.45, 2.75) is 13.0 Å². The van der Waals surface area contributed by atoms with Crippen LogP contribution in [0.4, 0.5) is 10.5 Å². The number of nitrogens with one attached hydrogen (secondary N) is 2. The lowest BCUT2D eigenvalue weighted by atomic mass is 10.0. The lowest BCUT2D eigenvalue weighted by Crippen LogP contribution is -2.41. The molecule has 9 nitrogen and oxygen atoms in total. The first-order valence-corrected chi connectivity index (χ1v) is 10.2. The number of carbonyl (C=O) groups excluding carboxylic acids is 2. The van der Waals surface area contributed by atoms with Crippen LogP contribution in [0.25, 0.3) is 22.2 Å². The number of aromatic amines is 1. The van der Waals surface area contributed by atoms with E-state index in [-0.39, 0.29) is 19.1 Å². The average molecular weight is 422 g/mol. The molecule has 0 radical (unpaired) electrons. The first-order valence-electron chi connectivity index (χ1n) is 10.2. The predicted molar refractivity (Wildman–Crippen MR) is 113 cm³/mol. The Labute approximate surface area is 178 Å². The van der Waals surface area contributed by atoms with Crippen LogP contribution in [0.3, 0.4) is 0 Å². The topological polar surface area (TPSA) is 106 Å². The van der Waals surface area contributed by atoms with Gasteiger partial charge in [-0.05, 0) is 48.4 Å². The summed E-state index contributed by atoms with van der Waals surface area (Å²) in [6, 6.07) is 11.5. The van der Waals surface area contributed by atoms with Gasteiger partial charge in [0.1, 0.15) is 24.7 Å². The van der Waals surface area contributed by atoms with Crippen LogP contribution < -0.4 is 15.0 Å². The van der Waals surface area contributed by atoms with Gasteiger partial charge in [0.05, 0.1) is 18.7 Å². The van der Waals surface area contributed by atoms with Gasteiger partial charge in [-0.2, -0.15) is 5.10 Å². The maximum absolute atomic E-state index is 12.4. The molecular formula is C22H22N4O5. The molecule has 3 heterocycles. The molecule has 5 rings (SSSR count). The summed E-state index contributed by atoms with van der Waals surface area (Å²) in [7, 11) is 0. The van der Waals surface area contributed by atoms with Gasteiger partial charge in [-0.25, -0.2) is 4.79 Å².